The molecule has 0 saturated heterocycles. The standard InChI is InChI=1S/C10H15N7/c1-17-8(3-7-14-17)2-5-12-9-4-6-13-10(15-9)16-11/h3-4,6-7H,2,5,11H2,1H3,(H2,12,13,15,16). The fraction of sp³-hybridized carbons (Fsp3) is 0.300. The topological polar surface area (TPSA) is 93.7 Å². The number of nitrogens with one attached hydrogen (secondary N) is 2. The predicted octanol–water partition coefficient (Wildman–Crippen LogP) is 0.150. The van der Waals surface area contributed by atoms with Gasteiger partial charge in [-0.3, -0.25) is 10.1 Å². The first kappa shape index (κ1) is 11.3. The first-order valence-electron chi connectivity index (χ1n) is 5.30. The molecule has 0 spiro atoms. The van der Waals surface area contributed by atoms with Crippen LogP contribution in [0.1, 0.15) is 5.69 Å². The minimum absolute atomic E-state index is 0.399. The molecule has 2 aromatic heterocycles. The lowest BCUT2D eigenvalue weighted by Gasteiger charge is -2.06. The Hall–Kier alpha value is -2.15. The average Bonchev–Trinajstić information content (AvgIpc) is 2.76. The van der Waals surface area contributed by atoms with Gasteiger partial charge in [0.25, 0.3) is 0 Å². The van der Waals surface area contributed by atoms with Crippen LogP contribution in [0.5, 0.6) is 0 Å². The van der Waals surface area contributed by atoms with Crippen molar-refractivity contribution in [1.29, 1.82) is 0 Å². The first-order chi connectivity index (χ1) is 8.29. The normalized spacial score (nSPS) is 10.2. The summed E-state index contributed by atoms with van der Waals surface area (Å²) in [6, 6.07) is 3.79. The monoisotopic (exact) mass is 233 g/mol. The van der Waals surface area contributed by atoms with Gasteiger partial charge in [0.1, 0.15) is 5.82 Å². The van der Waals surface area contributed by atoms with Crippen molar-refractivity contribution in [3.05, 3.63) is 30.2 Å². The van der Waals surface area contributed by atoms with E-state index in [1.807, 2.05) is 17.8 Å². The van der Waals surface area contributed by atoms with Gasteiger partial charge in [0.2, 0.25) is 5.95 Å². The van der Waals surface area contributed by atoms with Crippen LogP contribution in [-0.2, 0) is 13.5 Å². The number of aryl methyl sites for hydroxylation is 1. The highest BCUT2D eigenvalue weighted by Crippen LogP contribution is 2.05. The van der Waals surface area contributed by atoms with E-state index in [-0.39, 0.29) is 0 Å². The molecule has 0 aromatic carbocycles. The smallest absolute Gasteiger partial charge is 0.239 e. The van der Waals surface area contributed by atoms with Crippen molar-refractivity contribution in [2.24, 2.45) is 12.9 Å². The second-order valence-electron chi connectivity index (χ2n) is 3.53. The van der Waals surface area contributed by atoms with Crippen LogP contribution in [0.4, 0.5) is 11.8 Å². The number of aromatic nitrogens is 4. The summed E-state index contributed by atoms with van der Waals surface area (Å²) in [5.74, 6) is 6.37. The van der Waals surface area contributed by atoms with Crippen molar-refractivity contribution in [3.8, 4) is 0 Å². The zero-order valence-electron chi connectivity index (χ0n) is 9.59. The number of hydrogen-bond donors (Lipinski definition) is 3. The van der Waals surface area contributed by atoms with E-state index < -0.39 is 0 Å². The number of nitrogen functional groups attached to an aromatic ring is 1. The summed E-state index contributed by atoms with van der Waals surface area (Å²) in [6.45, 7) is 0.778. The van der Waals surface area contributed by atoms with Crippen LogP contribution >= 0.6 is 0 Å². The molecule has 0 bridgehead atoms. The number of rotatable bonds is 5. The molecule has 4 N–H and O–H groups in total. The van der Waals surface area contributed by atoms with Crippen LogP contribution in [0.2, 0.25) is 0 Å². The summed E-state index contributed by atoms with van der Waals surface area (Å²) in [5, 5.41) is 7.30. The molecule has 0 aliphatic rings. The molecular formula is C10H15N7. The molecular weight excluding hydrogens is 218 g/mol. The summed E-state index contributed by atoms with van der Waals surface area (Å²) < 4.78 is 1.86. The van der Waals surface area contributed by atoms with Crippen LogP contribution in [0, 0.1) is 0 Å². The van der Waals surface area contributed by atoms with Gasteiger partial charge >= 0.3 is 0 Å². The van der Waals surface area contributed by atoms with E-state index in [0.29, 0.717) is 5.95 Å². The largest absolute Gasteiger partial charge is 0.370 e. The Morgan fingerprint density at radius 3 is 2.94 bits per heavy atom. The van der Waals surface area contributed by atoms with E-state index >= 15 is 0 Å². The van der Waals surface area contributed by atoms with Crippen LogP contribution in [0.15, 0.2) is 24.5 Å². The quantitative estimate of drug-likeness (QED) is 0.503. The molecule has 0 saturated carbocycles. The van der Waals surface area contributed by atoms with E-state index in [1.165, 1.54) is 5.69 Å². The zero-order chi connectivity index (χ0) is 12.1. The summed E-state index contributed by atoms with van der Waals surface area (Å²) >= 11 is 0. The summed E-state index contributed by atoms with van der Waals surface area (Å²) in [4.78, 5) is 8.08. The van der Waals surface area contributed by atoms with Gasteiger partial charge < -0.3 is 5.32 Å². The Morgan fingerprint density at radius 1 is 1.35 bits per heavy atom. The minimum atomic E-state index is 0.399. The number of hydrazine groups is 1. The van der Waals surface area contributed by atoms with Crippen molar-refractivity contribution in [2.45, 2.75) is 6.42 Å². The Bertz CT molecular complexity index is 479. The third kappa shape index (κ3) is 2.91. The Labute approximate surface area is 99.0 Å². The first-order valence-corrected chi connectivity index (χ1v) is 5.30. The molecule has 2 rings (SSSR count). The molecule has 0 amide bonds. The SMILES string of the molecule is Cn1nccc1CCNc1ccnc(NN)n1. The maximum Gasteiger partial charge on any atom is 0.239 e. The Kier molecular flexibility index (Phi) is 3.51. The third-order valence-corrected chi connectivity index (χ3v) is 2.39. The van der Waals surface area contributed by atoms with Gasteiger partial charge in [0.05, 0.1) is 0 Å². The van der Waals surface area contributed by atoms with E-state index in [0.717, 1.165) is 18.8 Å². The number of anilines is 2. The second kappa shape index (κ2) is 5.26. The molecule has 17 heavy (non-hydrogen) atoms. The average molecular weight is 233 g/mol. The van der Waals surface area contributed by atoms with Crippen molar-refractivity contribution in [3.63, 3.8) is 0 Å². The molecule has 7 nitrogen and oxygen atoms in total. The van der Waals surface area contributed by atoms with Gasteiger partial charge in [-0.05, 0) is 12.1 Å². The number of nitrogens with two attached hydrogens (primary N) is 1. The molecule has 2 aromatic rings. The van der Waals surface area contributed by atoms with Gasteiger partial charge in [-0.1, -0.05) is 0 Å². The van der Waals surface area contributed by atoms with Crippen LogP contribution in [-0.4, -0.2) is 26.3 Å². The van der Waals surface area contributed by atoms with E-state index in [9.17, 15) is 0 Å². The van der Waals surface area contributed by atoms with Crippen molar-refractivity contribution < 1.29 is 0 Å². The molecule has 0 aliphatic carbocycles. The Morgan fingerprint density at radius 2 is 2.24 bits per heavy atom. The van der Waals surface area contributed by atoms with Crippen LogP contribution in [0.3, 0.4) is 0 Å². The highest BCUT2D eigenvalue weighted by molar-refractivity contribution is 5.38. The molecule has 0 radical (unpaired) electrons. The van der Waals surface area contributed by atoms with Crippen molar-refractivity contribution in [2.75, 3.05) is 17.3 Å². The number of nitrogens with zero attached hydrogens (tertiary/aromatic N) is 4. The van der Waals surface area contributed by atoms with Crippen LogP contribution in [0.25, 0.3) is 0 Å². The predicted molar refractivity (Wildman–Crippen MR) is 65.2 cm³/mol. The van der Waals surface area contributed by atoms with Crippen LogP contribution < -0.4 is 16.6 Å². The van der Waals surface area contributed by atoms with Crippen molar-refractivity contribution in [1.82, 2.24) is 19.7 Å². The van der Waals surface area contributed by atoms with Gasteiger partial charge in [-0.15, -0.1) is 0 Å². The molecule has 0 unspecified atom stereocenters. The van der Waals surface area contributed by atoms with E-state index in [4.69, 9.17) is 5.84 Å². The fourth-order valence-electron chi connectivity index (χ4n) is 1.49. The molecule has 7 heteroatoms. The van der Waals surface area contributed by atoms with E-state index in [1.54, 1.807) is 18.5 Å². The van der Waals surface area contributed by atoms with Crippen molar-refractivity contribution >= 4 is 11.8 Å². The highest BCUT2D eigenvalue weighted by Gasteiger charge is 1.99. The fourth-order valence-corrected chi connectivity index (χ4v) is 1.49. The second-order valence-corrected chi connectivity index (χ2v) is 3.53. The lowest BCUT2D eigenvalue weighted by molar-refractivity contribution is 0.711. The maximum absolute atomic E-state index is 5.23. The summed E-state index contributed by atoms with van der Waals surface area (Å²) in [5.41, 5.74) is 3.57. The molecule has 0 aliphatic heterocycles. The lowest BCUT2D eigenvalue weighted by atomic mass is 10.3. The highest BCUT2D eigenvalue weighted by atomic mass is 15.3. The number of hydrogen-bond acceptors (Lipinski definition) is 6. The summed E-state index contributed by atoms with van der Waals surface area (Å²) in [6.07, 6.45) is 4.32. The van der Waals surface area contributed by atoms with Gasteiger partial charge in [0.15, 0.2) is 0 Å². The zero-order valence-corrected chi connectivity index (χ0v) is 9.59. The van der Waals surface area contributed by atoms with Gasteiger partial charge in [0, 0.05) is 38.1 Å². The third-order valence-electron chi connectivity index (χ3n) is 2.39. The maximum atomic E-state index is 5.23. The van der Waals surface area contributed by atoms with Gasteiger partial charge in [-0.25, -0.2) is 10.8 Å². The minimum Gasteiger partial charge on any atom is -0.370 e. The molecule has 2 heterocycles. The molecule has 0 atom stereocenters. The van der Waals surface area contributed by atoms with E-state index in [2.05, 4.69) is 25.8 Å². The lowest BCUT2D eigenvalue weighted by Crippen LogP contribution is -2.13. The molecule has 0 fully saturated rings. The van der Waals surface area contributed by atoms with Gasteiger partial charge in [-0.2, -0.15) is 10.1 Å². The molecule has 90 valence electrons. The Balaban J connectivity index is 1.87. The summed E-state index contributed by atoms with van der Waals surface area (Å²) in [7, 11) is 1.93.